The summed E-state index contributed by atoms with van der Waals surface area (Å²) in [6.07, 6.45) is 2.80. The van der Waals surface area contributed by atoms with Crippen LogP contribution in [-0.4, -0.2) is 15.9 Å². The molecule has 0 aliphatic carbocycles. The smallest absolute Gasteiger partial charge is 0.258 e. The molecule has 6 heteroatoms. The van der Waals surface area contributed by atoms with Crippen molar-refractivity contribution in [1.82, 2.24) is 9.97 Å². The number of anilines is 3. The Morgan fingerprint density at radius 1 is 1.00 bits per heavy atom. The van der Waals surface area contributed by atoms with Gasteiger partial charge < -0.3 is 10.6 Å². The van der Waals surface area contributed by atoms with E-state index in [2.05, 4.69) is 20.6 Å². The molecule has 0 unspecified atom stereocenters. The molecular formula is C19H17FN4O. The molecule has 0 fully saturated rings. The number of amides is 1. The number of para-hydroxylation sites is 1. The summed E-state index contributed by atoms with van der Waals surface area (Å²) in [5.41, 5.74) is 3.45. The van der Waals surface area contributed by atoms with Gasteiger partial charge in [0.25, 0.3) is 5.91 Å². The van der Waals surface area contributed by atoms with Crippen molar-refractivity contribution in [3.8, 4) is 0 Å². The highest BCUT2D eigenvalue weighted by atomic mass is 19.1. The monoisotopic (exact) mass is 336 g/mol. The summed E-state index contributed by atoms with van der Waals surface area (Å²) in [5, 5.41) is 5.62. The predicted octanol–water partition coefficient (Wildman–Crippen LogP) is 4.23. The number of aryl methyl sites for hydroxylation is 2. The molecular weight excluding hydrogens is 319 g/mol. The Kier molecular flexibility index (Phi) is 4.70. The summed E-state index contributed by atoms with van der Waals surface area (Å²) in [5.74, 6) is -0.579. The van der Waals surface area contributed by atoms with E-state index in [0.29, 0.717) is 5.95 Å². The maximum atomic E-state index is 13.6. The summed E-state index contributed by atoms with van der Waals surface area (Å²) in [4.78, 5) is 20.5. The molecule has 0 atom stereocenters. The molecule has 5 nitrogen and oxygen atoms in total. The van der Waals surface area contributed by atoms with Crippen molar-refractivity contribution in [3.05, 3.63) is 77.4 Å². The summed E-state index contributed by atoms with van der Waals surface area (Å²) in [6, 6.07) is 12.0. The molecule has 3 aromatic rings. The van der Waals surface area contributed by atoms with Crippen LogP contribution in [0.3, 0.4) is 0 Å². The minimum absolute atomic E-state index is 0.116. The second-order valence-corrected chi connectivity index (χ2v) is 5.67. The van der Waals surface area contributed by atoms with Crippen LogP contribution in [0.1, 0.15) is 21.5 Å². The summed E-state index contributed by atoms with van der Waals surface area (Å²) >= 11 is 0. The SMILES string of the molecule is Cc1ccc(C)c(Nc2ncc(C(=O)Nc3ccccc3F)cn2)c1. The second kappa shape index (κ2) is 7.09. The largest absolute Gasteiger partial charge is 0.324 e. The van der Waals surface area contributed by atoms with Gasteiger partial charge >= 0.3 is 0 Å². The third-order valence-electron chi connectivity index (χ3n) is 3.68. The highest BCUT2D eigenvalue weighted by molar-refractivity contribution is 6.03. The molecule has 0 aliphatic heterocycles. The van der Waals surface area contributed by atoms with Crippen molar-refractivity contribution < 1.29 is 9.18 Å². The van der Waals surface area contributed by atoms with Gasteiger partial charge in [0.05, 0.1) is 11.3 Å². The maximum Gasteiger partial charge on any atom is 0.258 e. The van der Waals surface area contributed by atoms with Gasteiger partial charge in [-0.25, -0.2) is 14.4 Å². The lowest BCUT2D eigenvalue weighted by atomic mass is 10.1. The fraction of sp³-hybridized carbons (Fsp3) is 0.105. The van der Waals surface area contributed by atoms with Gasteiger partial charge in [-0.2, -0.15) is 0 Å². The first-order valence-electron chi connectivity index (χ1n) is 7.75. The van der Waals surface area contributed by atoms with Crippen LogP contribution in [0.5, 0.6) is 0 Å². The zero-order chi connectivity index (χ0) is 17.8. The van der Waals surface area contributed by atoms with Gasteiger partial charge in [-0.3, -0.25) is 4.79 Å². The molecule has 2 aromatic carbocycles. The Balaban J connectivity index is 1.72. The van der Waals surface area contributed by atoms with E-state index in [-0.39, 0.29) is 11.3 Å². The van der Waals surface area contributed by atoms with Crippen LogP contribution in [0.2, 0.25) is 0 Å². The summed E-state index contributed by atoms with van der Waals surface area (Å²) in [7, 11) is 0. The van der Waals surface area contributed by atoms with Gasteiger partial charge in [0, 0.05) is 18.1 Å². The average molecular weight is 336 g/mol. The molecule has 0 bridgehead atoms. The topological polar surface area (TPSA) is 66.9 Å². The zero-order valence-corrected chi connectivity index (χ0v) is 13.9. The number of carbonyl (C=O) groups is 1. The zero-order valence-electron chi connectivity index (χ0n) is 13.9. The fourth-order valence-electron chi connectivity index (χ4n) is 2.26. The number of nitrogens with one attached hydrogen (secondary N) is 2. The first-order valence-corrected chi connectivity index (χ1v) is 7.75. The number of benzene rings is 2. The molecule has 1 aromatic heterocycles. The van der Waals surface area contributed by atoms with Gasteiger partial charge in [0.15, 0.2) is 0 Å². The van der Waals surface area contributed by atoms with Gasteiger partial charge in [0.2, 0.25) is 5.95 Å². The minimum atomic E-state index is -0.495. The molecule has 0 spiro atoms. The fourth-order valence-corrected chi connectivity index (χ4v) is 2.26. The number of carbonyl (C=O) groups excluding carboxylic acids is 1. The Morgan fingerprint density at radius 3 is 2.44 bits per heavy atom. The van der Waals surface area contributed by atoms with E-state index < -0.39 is 11.7 Å². The van der Waals surface area contributed by atoms with Crippen LogP contribution in [0.4, 0.5) is 21.7 Å². The molecule has 3 rings (SSSR count). The van der Waals surface area contributed by atoms with E-state index in [1.807, 2.05) is 32.0 Å². The van der Waals surface area contributed by atoms with Crippen LogP contribution < -0.4 is 10.6 Å². The molecule has 126 valence electrons. The van der Waals surface area contributed by atoms with Gasteiger partial charge in [-0.05, 0) is 43.2 Å². The number of aromatic nitrogens is 2. The minimum Gasteiger partial charge on any atom is -0.324 e. The van der Waals surface area contributed by atoms with E-state index in [1.165, 1.54) is 24.5 Å². The molecule has 0 saturated heterocycles. The van der Waals surface area contributed by atoms with Crippen molar-refractivity contribution >= 4 is 23.2 Å². The third-order valence-corrected chi connectivity index (χ3v) is 3.68. The lowest BCUT2D eigenvalue weighted by molar-refractivity contribution is 0.102. The van der Waals surface area contributed by atoms with Crippen LogP contribution >= 0.6 is 0 Å². The lowest BCUT2D eigenvalue weighted by Gasteiger charge is -2.09. The van der Waals surface area contributed by atoms with Gasteiger partial charge in [-0.1, -0.05) is 24.3 Å². The Labute approximate surface area is 145 Å². The van der Waals surface area contributed by atoms with Crippen molar-refractivity contribution in [3.63, 3.8) is 0 Å². The number of hydrogen-bond donors (Lipinski definition) is 2. The predicted molar refractivity (Wildman–Crippen MR) is 95.6 cm³/mol. The number of nitrogens with zero attached hydrogens (tertiary/aromatic N) is 2. The Bertz CT molecular complexity index is 910. The second-order valence-electron chi connectivity index (χ2n) is 5.67. The van der Waals surface area contributed by atoms with Crippen molar-refractivity contribution in [1.29, 1.82) is 0 Å². The lowest BCUT2D eigenvalue weighted by Crippen LogP contribution is -2.14. The molecule has 1 amide bonds. The van der Waals surface area contributed by atoms with Crippen molar-refractivity contribution in [2.45, 2.75) is 13.8 Å². The van der Waals surface area contributed by atoms with E-state index in [0.717, 1.165) is 16.8 Å². The quantitative estimate of drug-likeness (QED) is 0.748. The Morgan fingerprint density at radius 2 is 1.72 bits per heavy atom. The van der Waals surface area contributed by atoms with Gasteiger partial charge in [0.1, 0.15) is 5.82 Å². The number of rotatable bonds is 4. The standard InChI is InChI=1S/C19H17FN4O/c1-12-7-8-13(2)17(9-12)24-19-21-10-14(11-22-19)18(25)23-16-6-4-3-5-15(16)20/h3-11H,1-2H3,(H,23,25)(H,21,22,24). The van der Waals surface area contributed by atoms with Crippen molar-refractivity contribution in [2.24, 2.45) is 0 Å². The normalized spacial score (nSPS) is 10.4. The van der Waals surface area contributed by atoms with Crippen LogP contribution in [-0.2, 0) is 0 Å². The molecule has 0 saturated carbocycles. The number of halogens is 1. The average Bonchev–Trinajstić information content (AvgIpc) is 2.61. The molecule has 0 radical (unpaired) electrons. The maximum absolute atomic E-state index is 13.6. The number of hydrogen-bond acceptors (Lipinski definition) is 4. The third kappa shape index (κ3) is 3.98. The molecule has 1 heterocycles. The highest BCUT2D eigenvalue weighted by Crippen LogP contribution is 2.19. The highest BCUT2D eigenvalue weighted by Gasteiger charge is 2.10. The Hall–Kier alpha value is -3.28. The first kappa shape index (κ1) is 16.6. The first-order chi connectivity index (χ1) is 12.0. The van der Waals surface area contributed by atoms with Crippen LogP contribution in [0, 0.1) is 19.7 Å². The van der Waals surface area contributed by atoms with Gasteiger partial charge in [-0.15, -0.1) is 0 Å². The molecule has 0 aliphatic rings. The van der Waals surface area contributed by atoms with E-state index in [9.17, 15) is 9.18 Å². The summed E-state index contributed by atoms with van der Waals surface area (Å²) < 4.78 is 13.6. The molecule has 25 heavy (non-hydrogen) atoms. The molecule has 2 N–H and O–H groups in total. The van der Waals surface area contributed by atoms with Crippen LogP contribution in [0.15, 0.2) is 54.9 Å². The van der Waals surface area contributed by atoms with E-state index >= 15 is 0 Å². The van der Waals surface area contributed by atoms with E-state index in [1.54, 1.807) is 12.1 Å². The van der Waals surface area contributed by atoms with E-state index in [4.69, 9.17) is 0 Å². The van der Waals surface area contributed by atoms with Crippen molar-refractivity contribution in [2.75, 3.05) is 10.6 Å². The van der Waals surface area contributed by atoms with Crippen LogP contribution in [0.25, 0.3) is 0 Å². The summed E-state index contributed by atoms with van der Waals surface area (Å²) in [6.45, 7) is 3.99.